The van der Waals surface area contributed by atoms with E-state index in [1.807, 2.05) is 0 Å². The molecule has 2 N–H and O–H groups in total. The van der Waals surface area contributed by atoms with Gasteiger partial charge in [-0.2, -0.15) is 0 Å². The molecule has 0 radical (unpaired) electrons. The highest BCUT2D eigenvalue weighted by Gasteiger charge is 2.20. The fourth-order valence-corrected chi connectivity index (χ4v) is 2.59. The molecule has 1 aliphatic rings. The molecule has 1 aliphatic carbocycles. The molecule has 2 rings (SSSR count). The summed E-state index contributed by atoms with van der Waals surface area (Å²) in [5.74, 6) is -1.21. The summed E-state index contributed by atoms with van der Waals surface area (Å²) in [7, 11) is 0. The zero-order valence-electron chi connectivity index (χ0n) is 11.5. The number of anilines is 1. The van der Waals surface area contributed by atoms with Crippen molar-refractivity contribution in [3.63, 3.8) is 0 Å². The van der Waals surface area contributed by atoms with Gasteiger partial charge in [-0.3, -0.25) is 9.59 Å². The van der Waals surface area contributed by atoms with Gasteiger partial charge in [-0.25, -0.2) is 0 Å². The zero-order chi connectivity index (χ0) is 14.5. The van der Waals surface area contributed by atoms with Gasteiger partial charge in [0.1, 0.15) is 0 Å². The molecule has 0 unspecified atom stereocenters. The molecular weight excluding hydrogens is 276 g/mol. The van der Waals surface area contributed by atoms with Gasteiger partial charge in [-0.15, -0.1) is 0 Å². The lowest BCUT2D eigenvalue weighted by atomic mass is 9.95. The predicted octanol–water partition coefficient (Wildman–Crippen LogP) is 3.04. The van der Waals surface area contributed by atoms with Crippen molar-refractivity contribution in [3.8, 4) is 0 Å². The van der Waals surface area contributed by atoms with Gasteiger partial charge in [-0.05, 0) is 37.5 Å². The summed E-state index contributed by atoms with van der Waals surface area (Å²) in [6.45, 7) is 1.80. The van der Waals surface area contributed by atoms with Crippen molar-refractivity contribution in [2.45, 2.75) is 45.1 Å². The normalized spacial score (nSPS) is 15.7. The Balaban J connectivity index is 1.93. The highest BCUT2D eigenvalue weighted by molar-refractivity contribution is 6.40. The van der Waals surface area contributed by atoms with Gasteiger partial charge in [-0.1, -0.05) is 36.9 Å². The Morgan fingerprint density at radius 3 is 2.55 bits per heavy atom. The third-order valence-corrected chi connectivity index (χ3v) is 4.07. The van der Waals surface area contributed by atoms with Crippen molar-refractivity contribution in [2.24, 2.45) is 0 Å². The summed E-state index contributed by atoms with van der Waals surface area (Å²) in [5, 5.41) is 5.96. The molecule has 0 aromatic heterocycles. The molecule has 0 aliphatic heterocycles. The first kappa shape index (κ1) is 14.9. The van der Waals surface area contributed by atoms with Crippen LogP contribution in [0.15, 0.2) is 18.2 Å². The maximum atomic E-state index is 11.9. The lowest BCUT2D eigenvalue weighted by molar-refractivity contribution is -0.136. The highest BCUT2D eigenvalue weighted by Crippen LogP contribution is 2.23. The van der Waals surface area contributed by atoms with Crippen LogP contribution in [0.1, 0.15) is 37.7 Å². The Kier molecular flexibility index (Phi) is 5.01. The van der Waals surface area contributed by atoms with Crippen LogP contribution in [0.5, 0.6) is 0 Å². The average Bonchev–Trinajstić information content (AvgIpc) is 2.45. The second kappa shape index (κ2) is 6.75. The molecule has 108 valence electrons. The number of nitrogens with one attached hydrogen (secondary N) is 2. The van der Waals surface area contributed by atoms with Gasteiger partial charge < -0.3 is 10.6 Å². The molecular formula is C15H19ClN2O2. The van der Waals surface area contributed by atoms with Gasteiger partial charge in [0, 0.05) is 16.8 Å². The fourth-order valence-electron chi connectivity index (χ4n) is 2.42. The van der Waals surface area contributed by atoms with Gasteiger partial charge in [0.15, 0.2) is 0 Å². The number of hydrogen-bond donors (Lipinski definition) is 2. The quantitative estimate of drug-likeness (QED) is 0.824. The third-order valence-electron chi connectivity index (χ3n) is 3.66. The number of rotatable bonds is 2. The molecule has 5 heteroatoms. The summed E-state index contributed by atoms with van der Waals surface area (Å²) in [4.78, 5) is 23.7. The van der Waals surface area contributed by atoms with Crippen LogP contribution < -0.4 is 10.6 Å². The Labute approximate surface area is 123 Å². The summed E-state index contributed by atoms with van der Waals surface area (Å²) in [5.41, 5.74) is 1.33. The van der Waals surface area contributed by atoms with Crippen LogP contribution in [0.3, 0.4) is 0 Å². The molecule has 2 amide bonds. The van der Waals surface area contributed by atoms with E-state index in [1.165, 1.54) is 6.42 Å². The maximum Gasteiger partial charge on any atom is 0.313 e. The Morgan fingerprint density at radius 2 is 1.85 bits per heavy atom. The third kappa shape index (κ3) is 3.73. The molecule has 1 saturated carbocycles. The van der Waals surface area contributed by atoms with Crippen LogP contribution in [0, 0.1) is 6.92 Å². The first-order valence-electron chi connectivity index (χ1n) is 6.95. The number of hydrogen-bond acceptors (Lipinski definition) is 2. The molecule has 4 nitrogen and oxygen atoms in total. The van der Waals surface area contributed by atoms with Crippen molar-refractivity contribution < 1.29 is 9.59 Å². The van der Waals surface area contributed by atoms with E-state index >= 15 is 0 Å². The van der Waals surface area contributed by atoms with Crippen LogP contribution in [-0.2, 0) is 9.59 Å². The lowest BCUT2D eigenvalue weighted by Gasteiger charge is -2.22. The van der Waals surface area contributed by atoms with Gasteiger partial charge in [0.2, 0.25) is 0 Å². The predicted molar refractivity (Wildman–Crippen MR) is 79.8 cm³/mol. The van der Waals surface area contributed by atoms with E-state index in [-0.39, 0.29) is 6.04 Å². The summed E-state index contributed by atoms with van der Waals surface area (Å²) in [6.07, 6.45) is 5.34. The largest absolute Gasteiger partial charge is 0.345 e. The molecule has 0 spiro atoms. The molecule has 0 saturated heterocycles. The molecule has 0 heterocycles. The van der Waals surface area contributed by atoms with E-state index in [0.717, 1.165) is 31.2 Å². The van der Waals surface area contributed by atoms with Crippen LogP contribution in [-0.4, -0.2) is 17.9 Å². The van der Waals surface area contributed by atoms with E-state index in [0.29, 0.717) is 10.7 Å². The van der Waals surface area contributed by atoms with Crippen molar-refractivity contribution in [3.05, 3.63) is 28.8 Å². The van der Waals surface area contributed by atoms with Gasteiger partial charge in [0.25, 0.3) is 0 Å². The summed E-state index contributed by atoms with van der Waals surface area (Å²) in [6, 6.07) is 5.34. The van der Waals surface area contributed by atoms with Gasteiger partial charge in [0.05, 0.1) is 0 Å². The van der Waals surface area contributed by atoms with Crippen molar-refractivity contribution in [2.75, 3.05) is 5.32 Å². The molecule has 1 fully saturated rings. The monoisotopic (exact) mass is 294 g/mol. The van der Waals surface area contributed by atoms with E-state index < -0.39 is 11.8 Å². The number of carbonyl (C=O) groups is 2. The number of benzene rings is 1. The zero-order valence-corrected chi connectivity index (χ0v) is 12.3. The molecule has 20 heavy (non-hydrogen) atoms. The first-order valence-corrected chi connectivity index (χ1v) is 7.32. The Hall–Kier alpha value is -1.55. The molecule has 1 aromatic rings. The second-order valence-electron chi connectivity index (χ2n) is 5.17. The second-order valence-corrected chi connectivity index (χ2v) is 5.58. The molecule has 0 bridgehead atoms. The van der Waals surface area contributed by atoms with Crippen LogP contribution in [0.4, 0.5) is 5.69 Å². The topological polar surface area (TPSA) is 58.2 Å². The average molecular weight is 295 g/mol. The minimum absolute atomic E-state index is 0.127. The van der Waals surface area contributed by atoms with Crippen LogP contribution in [0.2, 0.25) is 5.02 Å². The van der Waals surface area contributed by atoms with Crippen molar-refractivity contribution >= 4 is 29.1 Å². The Bertz CT molecular complexity index is 511. The maximum absolute atomic E-state index is 11.9. The van der Waals surface area contributed by atoms with E-state index in [9.17, 15) is 9.59 Å². The molecule has 0 atom stereocenters. The Morgan fingerprint density at radius 1 is 1.15 bits per heavy atom. The van der Waals surface area contributed by atoms with E-state index in [4.69, 9.17) is 11.6 Å². The van der Waals surface area contributed by atoms with Crippen LogP contribution in [0.25, 0.3) is 0 Å². The van der Waals surface area contributed by atoms with Crippen LogP contribution >= 0.6 is 11.6 Å². The minimum Gasteiger partial charge on any atom is -0.345 e. The van der Waals surface area contributed by atoms with Gasteiger partial charge >= 0.3 is 11.8 Å². The molecule has 1 aromatic carbocycles. The summed E-state index contributed by atoms with van der Waals surface area (Å²) >= 11 is 5.98. The minimum atomic E-state index is -0.638. The fraction of sp³-hybridized carbons (Fsp3) is 0.467. The highest BCUT2D eigenvalue weighted by atomic mass is 35.5. The number of amides is 2. The van der Waals surface area contributed by atoms with Crippen molar-refractivity contribution in [1.29, 1.82) is 0 Å². The number of carbonyl (C=O) groups excluding carboxylic acids is 2. The number of halogens is 1. The van der Waals surface area contributed by atoms with E-state index in [2.05, 4.69) is 10.6 Å². The van der Waals surface area contributed by atoms with E-state index in [1.54, 1.807) is 25.1 Å². The SMILES string of the molecule is Cc1c(Cl)cccc1NC(=O)C(=O)NC1CCCCC1. The lowest BCUT2D eigenvalue weighted by Crippen LogP contribution is -2.42. The van der Waals surface area contributed by atoms with Crippen molar-refractivity contribution in [1.82, 2.24) is 5.32 Å². The first-order chi connectivity index (χ1) is 9.58. The smallest absolute Gasteiger partial charge is 0.313 e. The standard InChI is InChI=1S/C15H19ClN2O2/c1-10-12(16)8-5-9-13(10)18-15(20)14(19)17-11-6-3-2-4-7-11/h5,8-9,11H,2-4,6-7H2,1H3,(H,17,19)(H,18,20). The summed E-state index contributed by atoms with van der Waals surface area (Å²) < 4.78 is 0.